The highest BCUT2D eigenvalue weighted by Gasteiger charge is 2.20. The van der Waals surface area contributed by atoms with Gasteiger partial charge in [0.2, 0.25) is 5.91 Å². The summed E-state index contributed by atoms with van der Waals surface area (Å²) in [4.78, 5) is 33.5. The molecule has 0 aliphatic rings. The van der Waals surface area contributed by atoms with E-state index in [1.165, 1.54) is 12.1 Å². The summed E-state index contributed by atoms with van der Waals surface area (Å²) in [5, 5.41) is 16.4. The van der Waals surface area contributed by atoms with Crippen molar-refractivity contribution in [2.24, 2.45) is 5.73 Å². The zero-order valence-corrected chi connectivity index (χ0v) is 13.4. The van der Waals surface area contributed by atoms with Crippen LogP contribution in [0.25, 0.3) is 0 Å². The van der Waals surface area contributed by atoms with Gasteiger partial charge in [-0.25, -0.2) is 9.59 Å². The summed E-state index contributed by atoms with van der Waals surface area (Å²) >= 11 is 11.6. The predicted molar refractivity (Wildman–Crippen MR) is 86.9 cm³/mol. The lowest BCUT2D eigenvalue weighted by Gasteiger charge is -2.17. The Balaban J connectivity index is 2.64. The quantitative estimate of drug-likeness (QED) is 0.474. The normalized spacial score (nSPS) is 11.4. The van der Waals surface area contributed by atoms with E-state index in [0.717, 1.165) is 0 Å². The summed E-state index contributed by atoms with van der Waals surface area (Å²) in [6, 6.07) is 2.83. The van der Waals surface area contributed by atoms with Gasteiger partial charge in [0.05, 0.1) is 10.0 Å². The minimum atomic E-state index is -1.33. The third kappa shape index (κ3) is 7.07. The van der Waals surface area contributed by atoms with Crippen molar-refractivity contribution in [3.63, 3.8) is 0 Å². The Kier molecular flexibility index (Phi) is 7.43. The monoisotopic (exact) mass is 362 g/mol. The number of anilines is 1. The van der Waals surface area contributed by atoms with Gasteiger partial charge in [0.25, 0.3) is 0 Å². The van der Waals surface area contributed by atoms with E-state index in [9.17, 15) is 14.4 Å². The van der Waals surface area contributed by atoms with Crippen LogP contribution in [0.5, 0.6) is 0 Å². The number of rotatable bonds is 7. The third-order valence-corrected chi connectivity index (χ3v) is 3.51. The highest BCUT2D eigenvalue weighted by atomic mass is 35.5. The van der Waals surface area contributed by atoms with Crippen molar-refractivity contribution in [3.8, 4) is 0 Å². The molecule has 1 unspecified atom stereocenters. The van der Waals surface area contributed by atoms with E-state index in [2.05, 4.69) is 16.0 Å². The summed E-state index contributed by atoms with van der Waals surface area (Å²) < 4.78 is 0. The summed E-state index contributed by atoms with van der Waals surface area (Å²) in [5.41, 5.74) is 5.30. The Morgan fingerprint density at radius 3 is 2.48 bits per heavy atom. The highest BCUT2D eigenvalue weighted by Crippen LogP contribution is 2.25. The number of hydrogen-bond donors (Lipinski definition) is 5. The van der Waals surface area contributed by atoms with E-state index in [1.54, 1.807) is 6.07 Å². The van der Waals surface area contributed by atoms with Gasteiger partial charge in [-0.3, -0.25) is 4.79 Å². The number of urea groups is 1. The maximum atomic E-state index is 12.1. The van der Waals surface area contributed by atoms with Gasteiger partial charge in [-0.15, -0.1) is 0 Å². The number of nitrogens with two attached hydrogens (primary N) is 1. The second-order valence-electron chi connectivity index (χ2n) is 4.55. The summed E-state index contributed by atoms with van der Waals surface area (Å²) in [5.74, 6) is -0.551. The van der Waals surface area contributed by atoms with E-state index in [1.807, 2.05) is 0 Å². The molecule has 0 spiro atoms. The molecule has 4 amide bonds. The van der Waals surface area contributed by atoms with Crippen molar-refractivity contribution in [2.75, 3.05) is 11.9 Å². The fraction of sp³-hybridized carbons (Fsp3) is 0.308. The molecule has 10 heteroatoms. The van der Waals surface area contributed by atoms with Crippen molar-refractivity contribution in [1.82, 2.24) is 10.6 Å². The molecule has 0 aliphatic carbocycles. The molecule has 0 radical (unpaired) electrons. The van der Waals surface area contributed by atoms with Crippen LogP contribution < -0.4 is 21.7 Å². The Morgan fingerprint density at radius 1 is 1.22 bits per heavy atom. The van der Waals surface area contributed by atoms with Crippen LogP contribution in [0.1, 0.15) is 12.8 Å². The molecule has 0 saturated heterocycles. The Morgan fingerprint density at radius 2 is 1.91 bits per heavy atom. The largest absolute Gasteiger partial charge is 0.465 e. The SMILES string of the molecule is NC(=O)NCCCC(NC(=O)O)C(=O)Nc1ccc(Cl)c(Cl)c1. The average Bonchev–Trinajstić information content (AvgIpc) is 2.45. The van der Waals surface area contributed by atoms with E-state index in [4.69, 9.17) is 34.0 Å². The van der Waals surface area contributed by atoms with Crippen LogP contribution in [-0.2, 0) is 4.79 Å². The zero-order valence-electron chi connectivity index (χ0n) is 11.9. The second kappa shape index (κ2) is 9.06. The van der Waals surface area contributed by atoms with Gasteiger partial charge in [0, 0.05) is 12.2 Å². The first kappa shape index (κ1) is 18.9. The van der Waals surface area contributed by atoms with Gasteiger partial charge in [-0.1, -0.05) is 23.2 Å². The topological polar surface area (TPSA) is 134 Å². The first-order chi connectivity index (χ1) is 10.8. The van der Waals surface area contributed by atoms with Gasteiger partial charge in [-0.05, 0) is 31.0 Å². The van der Waals surface area contributed by atoms with Crippen LogP contribution in [0.15, 0.2) is 18.2 Å². The number of primary amides is 1. The van der Waals surface area contributed by atoms with Crippen molar-refractivity contribution in [3.05, 3.63) is 28.2 Å². The fourth-order valence-corrected chi connectivity index (χ4v) is 2.04. The molecule has 1 atom stereocenters. The molecule has 1 aromatic rings. The van der Waals surface area contributed by atoms with E-state index in [-0.39, 0.29) is 18.0 Å². The molecule has 23 heavy (non-hydrogen) atoms. The number of carbonyl (C=O) groups is 3. The number of halogens is 2. The van der Waals surface area contributed by atoms with Crippen LogP contribution in [0.4, 0.5) is 15.3 Å². The number of carbonyl (C=O) groups excluding carboxylic acids is 2. The Hall–Kier alpha value is -2.19. The molecule has 0 aliphatic heterocycles. The van der Waals surface area contributed by atoms with Crippen molar-refractivity contribution in [1.29, 1.82) is 0 Å². The molecule has 0 aromatic heterocycles. The first-order valence-electron chi connectivity index (χ1n) is 6.58. The lowest BCUT2D eigenvalue weighted by molar-refractivity contribution is -0.118. The summed E-state index contributed by atoms with van der Waals surface area (Å²) in [6.45, 7) is 0.229. The minimum absolute atomic E-state index is 0.180. The van der Waals surface area contributed by atoms with Crippen molar-refractivity contribution < 1.29 is 19.5 Å². The maximum Gasteiger partial charge on any atom is 0.405 e. The molecule has 6 N–H and O–H groups in total. The molecule has 1 aromatic carbocycles. The Bertz CT molecular complexity index is 597. The van der Waals surface area contributed by atoms with Crippen LogP contribution in [0, 0.1) is 0 Å². The van der Waals surface area contributed by atoms with Crippen LogP contribution in [0.3, 0.4) is 0 Å². The zero-order chi connectivity index (χ0) is 17.4. The van der Waals surface area contributed by atoms with Gasteiger partial charge < -0.3 is 26.8 Å². The lowest BCUT2D eigenvalue weighted by Crippen LogP contribution is -2.43. The fourth-order valence-electron chi connectivity index (χ4n) is 1.74. The molecular weight excluding hydrogens is 347 g/mol. The van der Waals surface area contributed by atoms with E-state index < -0.39 is 24.1 Å². The predicted octanol–water partition coefficient (Wildman–Crippen LogP) is 2.02. The highest BCUT2D eigenvalue weighted by molar-refractivity contribution is 6.42. The number of amides is 4. The van der Waals surface area contributed by atoms with Gasteiger partial charge in [0.1, 0.15) is 6.04 Å². The van der Waals surface area contributed by atoms with E-state index in [0.29, 0.717) is 17.1 Å². The van der Waals surface area contributed by atoms with Gasteiger partial charge in [-0.2, -0.15) is 0 Å². The average molecular weight is 363 g/mol. The van der Waals surface area contributed by atoms with Gasteiger partial charge >= 0.3 is 12.1 Å². The standard InChI is InChI=1S/C13H16Cl2N4O4/c14-8-4-3-7(6-9(8)15)18-11(20)10(19-13(22)23)2-1-5-17-12(16)21/h3-4,6,10,19H,1-2,5H2,(H,18,20)(H,22,23)(H3,16,17,21). The number of hydrogen-bond acceptors (Lipinski definition) is 3. The molecule has 0 fully saturated rings. The maximum absolute atomic E-state index is 12.1. The summed E-state index contributed by atoms with van der Waals surface area (Å²) in [6.07, 6.45) is -0.787. The molecule has 0 heterocycles. The number of nitrogens with one attached hydrogen (secondary N) is 3. The van der Waals surface area contributed by atoms with Crippen LogP contribution in [0.2, 0.25) is 10.0 Å². The van der Waals surface area contributed by atoms with E-state index >= 15 is 0 Å². The molecule has 0 bridgehead atoms. The molecule has 8 nitrogen and oxygen atoms in total. The molecular formula is C13H16Cl2N4O4. The number of benzene rings is 1. The molecule has 126 valence electrons. The summed E-state index contributed by atoms with van der Waals surface area (Å²) in [7, 11) is 0. The second-order valence-corrected chi connectivity index (χ2v) is 5.37. The van der Waals surface area contributed by atoms with Crippen LogP contribution >= 0.6 is 23.2 Å². The van der Waals surface area contributed by atoms with Crippen molar-refractivity contribution in [2.45, 2.75) is 18.9 Å². The molecule has 1 rings (SSSR count). The Labute approximate surface area is 142 Å². The number of carboxylic acid groups (broad SMARTS) is 1. The smallest absolute Gasteiger partial charge is 0.405 e. The minimum Gasteiger partial charge on any atom is -0.465 e. The van der Waals surface area contributed by atoms with Crippen LogP contribution in [-0.4, -0.2) is 35.7 Å². The van der Waals surface area contributed by atoms with Crippen molar-refractivity contribution >= 4 is 46.9 Å². The first-order valence-corrected chi connectivity index (χ1v) is 7.34. The third-order valence-electron chi connectivity index (χ3n) is 2.77. The lowest BCUT2D eigenvalue weighted by atomic mass is 10.1. The molecule has 0 saturated carbocycles. The van der Waals surface area contributed by atoms with Gasteiger partial charge in [0.15, 0.2) is 0 Å².